The molecule has 27 heavy (non-hydrogen) atoms. The summed E-state index contributed by atoms with van der Waals surface area (Å²) in [5.74, 6) is 0.498. The number of halogens is 1. The molecule has 1 saturated carbocycles. The summed E-state index contributed by atoms with van der Waals surface area (Å²) in [5.41, 5.74) is 1.29. The Kier molecular flexibility index (Phi) is 5.41. The van der Waals surface area contributed by atoms with Crippen molar-refractivity contribution < 1.29 is 13.9 Å². The molecule has 1 aromatic carbocycles. The zero-order valence-corrected chi connectivity index (χ0v) is 15.6. The molecule has 4 rings (SSSR count). The molecule has 6 nitrogen and oxygen atoms in total. The molecule has 1 aliphatic carbocycles. The second-order valence-electron chi connectivity index (χ2n) is 7.77. The van der Waals surface area contributed by atoms with E-state index in [-0.39, 0.29) is 17.3 Å². The number of aromatic nitrogens is 2. The second kappa shape index (κ2) is 7.94. The number of aryl methyl sites for hydroxylation is 1. The fourth-order valence-corrected chi connectivity index (χ4v) is 4.30. The van der Waals surface area contributed by atoms with Gasteiger partial charge in [-0.1, -0.05) is 12.8 Å². The molecule has 2 N–H and O–H groups in total. The first-order valence-corrected chi connectivity index (χ1v) is 9.87. The van der Waals surface area contributed by atoms with E-state index in [0.29, 0.717) is 18.4 Å². The summed E-state index contributed by atoms with van der Waals surface area (Å²) in [4.78, 5) is 22.6. The molecule has 7 heteroatoms. The van der Waals surface area contributed by atoms with Crippen LogP contribution < -0.4 is 5.32 Å². The van der Waals surface area contributed by atoms with Crippen LogP contribution in [0.3, 0.4) is 0 Å². The predicted molar refractivity (Wildman–Crippen MR) is 101 cm³/mol. The molecule has 2 aromatic rings. The largest absolute Gasteiger partial charge is 0.379 e. The first-order chi connectivity index (χ1) is 13.1. The van der Waals surface area contributed by atoms with Crippen LogP contribution in [0.2, 0.25) is 0 Å². The Hall–Kier alpha value is -1.99. The monoisotopic (exact) mass is 374 g/mol. The smallest absolute Gasteiger partial charge is 0.220 e. The lowest BCUT2D eigenvalue weighted by atomic mass is 9.96. The van der Waals surface area contributed by atoms with Crippen LogP contribution in [0.15, 0.2) is 18.2 Å². The molecule has 1 aromatic heterocycles. The van der Waals surface area contributed by atoms with Gasteiger partial charge in [-0.3, -0.25) is 9.69 Å². The van der Waals surface area contributed by atoms with Gasteiger partial charge in [-0.15, -0.1) is 0 Å². The number of benzene rings is 1. The van der Waals surface area contributed by atoms with Crippen molar-refractivity contribution in [1.29, 1.82) is 0 Å². The van der Waals surface area contributed by atoms with Crippen LogP contribution in [0, 0.1) is 5.82 Å². The third kappa shape index (κ3) is 4.47. The summed E-state index contributed by atoms with van der Waals surface area (Å²) in [6, 6.07) is 4.48. The standard InChI is InChI=1S/C20H27FN4O2/c21-15-3-4-16-17(13-15)23-18(22-16)5-6-19(26)24-20(7-1-2-8-20)14-25-9-11-27-12-10-25/h3-4,13H,1-2,5-12,14H2,(H,22,23)(H,24,26). The van der Waals surface area contributed by atoms with Crippen molar-refractivity contribution >= 4 is 16.9 Å². The summed E-state index contributed by atoms with van der Waals surface area (Å²) in [5, 5.41) is 3.33. The molecule has 1 aliphatic heterocycles. The summed E-state index contributed by atoms with van der Waals surface area (Å²) >= 11 is 0. The van der Waals surface area contributed by atoms with Crippen molar-refractivity contribution in [2.75, 3.05) is 32.8 Å². The van der Waals surface area contributed by atoms with Crippen molar-refractivity contribution in [3.05, 3.63) is 29.8 Å². The number of nitrogens with zero attached hydrogens (tertiary/aromatic N) is 2. The predicted octanol–water partition coefficient (Wildman–Crippen LogP) is 2.40. The van der Waals surface area contributed by atoms with Crippen molar-refractivity contribution in [1.82, 2.24) is 20.2 Å². The quantitative estimate of drug-likeness (QED) is 0.815. The third-order valence-electron chi connectivity index (χ3n) is 5.68. The van der Waals surface area contributed by atoms with Gasteiger partial charge in [0.25, 0.3) is 0 Å². The van der Waals surface area contributed by atoms with Gasteiger partial charge in [0.05, 0.1) is 29.8 Å². The van der Waals surface area contributed by atoms with Gasteiger partial charge in [0, 0.05) is 32.5 Å². The number of hydrogen-bond donors (Lipinski definition) is 2. The Morgan fingerprint density at radius 3 is 2.85 bits per heavy atom. The molecule has 2 aliphatic rings. The molecular weight excluding hydrogens is 347 g/mol. The molecule has 0 spiro atoms. The summed E-state index contributed by atoms with van der Waals surface area (Å²) in [6.07, 6.45) is 5.32. The highest BCUT2D eigenvalue weighted by Gasteiger charge is 2.37. The Labute approximate surface area is 158 Å². The Balaban J connectivity index is 1.34. The van der Waals surface area contributed by atoms with Gasteiger partial charge in [0.1, 0.15) is 11.6 Å². The van der Waals surface area contributed by atoms with Crippen LogP contribution in [0.4, 0.5) is 4.39 Å². The van der Waals surface area contributed by atoms with Gasteiger partial charge in [0.2, 0.25) is 5.91 Å². The number of carbonyl (C=O) groups is 1. The van der Waals surface area contributed by atoms with Crippen LogP contribution in [0.5, 0.6) is 0 Å². The van der Waals surface area contributed by atoms with E-state index >= 15 is 0 Å². The number of aromatic amines is 1. The number of ether oxygens (including phenoxy) is 1. The minimum atomic E-state index is -0.290. The lowest BCUT2D eigenvalue weighted by molar-refractivity contribution is -0.123. The Bertz CT molecular complexity index is 794. The molecule has 0 bridgehead atoms. The number of fused-ring (bicyclic) bond motifs is 1. The molecule has 0 radical (unpaired) electrons. The van der Waals surface area contributed by atoms with Gasteiger partial charge in [0.15, 0.2) is 0 Å². The van der Waals surface area contributed by atoms with Crippen molar-refractivity contribution in [2.45, 2.75) is 44.1 Å². The lowest BCUT2D eigenvalue weighted by Gasteiger charge is -2.37. The first-order valence-electron chi connectivity index (χ1n) is 9.87. The Morgan fingerprint density at radius 1 is 1.30 bits per heavy atom. The van der Waals surface area contributed by atoms with Gasteiger partial charge < -0.3 is 15.0 Å². The van der Waals surface area contributed by atoms with Gasteiger partial charge >= 0.3 is 0 Å². The molecule has 0 unspecified atom stereocenters. The normalized spacial score (nSPS) is 20.2. The van der Waals surface area contributed by atoms with Crippen LogP contribution in [-0.4, -0.2) is 59.2 Å². The maximum Gasteiger partial charge on any atom is 0.220 e. The molecule has 2 heterocycles. The van der Waals surface area contributed by atoms with E-state index in [1.807, 2.05) is 0 Å². The van der Waals surface area contributed by atoms with E-state index < -0.39 is 0 Å². The maximum atomic E-state index is 13.3. The van der Waals surface area contributed by atoms with Gasteiger partial charge in [-0.25, -0.2) is 9.37 Å². The minimum absolute atomic E-state index is 0.0665. The molecule has 1 amide bonds. The topological polar surface area (TPSA) is 70.2 Å². The van der Waals surface area contributed by atoms with Gasteiger partial charge in [-0.05, 0) is 31.0 Å². The fraction of sp³-hybridized carbons (Fsp3) is 0.600. The Morgan fingerprint density at radius 2 is 2.07 bits per heavy atom. The summed E-state index contributed by atoms with van der Waals surface area (Å²) in [6.45, 7) is 4.33. The van der Waals surface area contributed by atoms with Crippen LogP contribution in [-0.2, 0) is 16.0 Å². The van der Waals surface area contributed by atoms with Gasteiger partial charge in [-0.2, -0.15) is 0 Å². The average Bonchev–Trinajstić information content (AvgIpc) is 3.27. The zero-order valence-electron chi connectivity index (χ0n) is 15.6. The van der Waals surface area contributed by atoms with E-state index in [1.54, 1.807) is 6.07 Å². The van der Waals surface area contributed by atoms with E-state index in [2.05, 4.69) is 20.2 Å². The van der Waals surface area contributed by atoms with Crippen LogP contribution in [0.25, 0.3) is 11.0 Å². The number of rotatable bonds is 6. The van der Waals surface area contributed by atoms with Crippen molar-refractivity contribution in [3.63, 3.8) is 0 Å². The highest BCUT2D eigenvalue weighted by molar-refractivity contribution is 5.78. The molecule has 1 saturated heterocycles. The van der Waals surface area contributed by atoms with Crippen molar-refractivity contribution in [3.8, 4) is 0 Å². The first kappa shape index (κ1) is 18.4. The fourth-order valence-electron chi connectivity index (χ4n) is 4.30. The second-order valence-corrected chi connectivity index (χ2v) is 7.77. The van der Waals surface area contributed by atoms with E-state index in [9.17, 15) is 9.18 Å². The molecular formula is C20H27FN4O2. The zero-order chi connectivity index (χ0) is 18.7. The highest BCUT2D eigenvalue weighted by Crippen LogP contribution is 2.31. The summed E-state index contributed by atoms with van der Waals surface area (Å²) in [7, 11) is 0. The van der Waals surface area contributed by atoms with E-state index in [1.165, 1.54) is 25.0 Å². The number of morpholine rings is 1. The third-order valence-corrected chi connectivity index (χ3v) is 5.68. The lowest BCUT2D eigenvalue weighted by Crippen LogP contribution is -2.55. The summed E-state index contributed by atoms with van der Waals surface area (Å²) < 4.78 is 18.7. The SMILES string of the molecule is O=C(CCc1nc2ccc(F)cc2[nH]1)NC1(CN2CCOCC2)CCCC1. The van der Waals surface area contributed by atoms with E-state index in [4.69, 9.17) is 4.74 Å². The highest BCUT2D eigenvalue weighted by atomic mass is 19.1. The number of H-pyrrole nitrogens is 1. The average molecular weight is 374 g/mol. The number of carbonyl (C=O) groups excluding carboxylic acids is 1. The number of imidazole rings is 1. The van der Waals surface area contributed by atoms with Crippen LogP contribution in [0.1, 0.15) is 37.9 Å². The maximum absolute atomic E-state index is 13.3. The number of hydrogen-bond acceptors (Lipinski definition) is 4. The van der Waals surface area contributed by atoms with E-state index in [0.717, 1.165) is 57.0 Å². The molecule has 146 valence electrons. The number of nitrogens with one attached hydrogen (secondary N) is 2. The van der Waals surface area contributed by atoms with Crippen LogP contribution >= 0.6 is 0 Å². The van der Waals surface area contributed by atoms with Crippen molar-refractivity contribution in [2.24, 2.45) is 0 Å². The molecule has 0 atom stereocenters. The molecule has 2 fully saturated rings. The number of amides is 1. The minimum Gasteiger partial charge on any atom is -0.379 e.